The molecular weight excluding hydrogens is 354 g/mol. The molecule has 2 unspecified atom stereocenters. The van der Waals surface area contributed by atoms with Gasteiger partial charge in [0.1, 0.15) is 0 Å². The van der Waals surface area contributed by atoms with E-state index in [4.69, 9.17) is 0 Å². The summed E-state index contributed by atoms with van der Waals surface area (Å²) in [5.41, 5.74) is 2.69. The molecule has 148 valence electrons. The molecule has 3 rings (SSSR count). The van der Waals surface area contributed by atoms with Crippen molar-refractivity contribution in [2.24, 2.45) is 0 Å². The summed E-state index contributed by atoms with van der Waals surface area (Å²) >= 11 is 0. The van der Waals surface area contributed by atoms with Crippen molar-refractivity contribution >= 4 is 18.0 Å². The molecule has 1 aliphatic heterocycles. The molecule has 2 atom stereocenters. The van der Waals surface area contributed by atoms with Crippen LogP contribution in [-0.4, -0.2) is 60.0 Å². The molecule has 2 N–H and O–H groups in total. The fourth-order valence-electron chi connectivity index (χ4n) is 3.61. The lowest BCUT2D eigenvalue weighted by Gasteiger charge is -2.32. The molecule has 2 aromatic carbocycles. The predicted octanol–water partition coefficient (Wildman–Crippen LogP) is 2.06. The number of aliphatic hydroxyl groups excluding tert-OH is 1. The smallest absolute Gasteiger partial charge is 0.227 e. The SMILES string of the molecule is CN(C(=O)Cc1ccc(NC=O)cc1)C(CN1CCC(O)C1)c1ccccc1. The van der Waals surface area contributed by atoms with E-state index >= 15 is 0 Å². The Hall–Kier alpha value is -2.70. The Morgan fingerprint density at radius 3 is 2.57 bits per heavy atom. The van der Waals surface area contributed by atoms with Gasteiger partial charge in [-0.1, -0.05) is 42.5 Å². The minimum atomic E-state index is -0.282. The van der Waals surface area contributed by atoms with Crippen molar-refractivity contribution in [1.29, 1.82) is 0 Å². The first-order valence-corrected chi connectivity index (χ1v) is 9.57. The predicted molar refractivity (Wildman–Crippen MR) is 109 cm³/mol. The van der Waals surface area contributed by atoms with Crippen LogP contribution < -0.4 is 5.32 Å². The van der Waals surface area contributed by atoms with Crippen molar-refractivity contribution in [3.05, 3.63) is 65.7 Å². The summed E-state index contributed by atoms with van der Waals surface area (Å²) in [6.07, 6.45) is 1.42. The van der Waals surface area contributed by atoms with E-state index in [0.717, 1.165) is 24.1 Å². The highest BCUT2D eigenvalue weighted by atomic mass is 16.3. The zero-order valence-electron chi connectivity index (χ0n) is 16.1. The van der Waals surface area contributed by atoms with E-state index in [0.29, 0.717) is 31.6 Å². The number of carbonyl (C=O) groups is 2. The Balaban J connectivity index is 1.71. The summed E-state index contributed by atoms with van der Waals surface area (Å²) < 4.78 is 0. The van der Waals surface area contributed by atoms with Crippen LogP contribution in [0.15, 0.2) is 54.6 Å². The van der Waals surface area contributed by atoms with Crippen LogP contribution in [0, 0.1) is 0 Å². The van der Waals surface area contributed by atoms with E-state index in [1.807, 2.05) is 49.5 Å². The third kappa shape index (κ3) is 5.18. The second kappa shape index (κ2) is 9.48. The Morgan fingerprint density at radius 1 is 1.25 bits per heavy atom. The van der Waals surface area contributed by atoms with Gasteiger partial charge in [0.25, 0.3) is 0 Å². The highest BCUT2D eigenvalue weighted by Gasteiger charge is 2.28. The van der Waals surface area contributed by atoms with Crippen molar-refractivity contribution in [3.63, 3.8) is 0 Å². The number of amides is 2. The number of hydrogen-bond donors (Lipinski definition) is 2. The summed E-state index contributed by atoms with van der Waals surface area (Å²) in [7, 11) is 1.84. The maximum Gasteiger partial charge on any atom is 0.227 e. The van der Waals surface area contributed by atoms with Crippen LogP contribution in [0.1, 0.15) is 23.6 Å². The number of hydrogen-bond acceptors (Lipinski definition) is 4. The van der Waals surface area contributed by atoms with Gasteiger partial charge in [-0.25, -0.2) is 0 Å². The molecule has 2 aromatic rings. The van der Waals surface area contributed by atoms with Gasteiger partial charge in [0.15, 0.2) is 0 Å². The molecule has 0 spiro atoms. The minimum Gasteiger partial charge on any atom is -0.392 e. The fraction of sp³-hybridized carbons (Fsp3) is 0.364. The normalized spacial score (nSPS) is 17.9. The average Bonchev–Trinajstić information content (AvgIpc) is 3.13. The number of nitrogens with zero attached hydrogens (tertiary/aromatic N) is 2. The number of rotatable bonds is 8. The molecular formula is C22H27N3O3. The van der Waals surface area contributed by atoms with E-state index in [-0.39, 0.29) is 18.1 Å². The first-order valence-electron chi connectivity index (χ1n) is 9.57. The molecule has 6 nitrogen and oxygen atoms in total. The number of nitrogens with one attached hydrogen (secondary N) is 1. The third-order valence-corrected chi connectivity index (χ3v) is 5.26. The van der Waals surface area contributed by atoms with Crippen LogP contribution in [0.5, 0.6) is 0 Å². The number of aliphatic hydroxyl groups is 1. The van der Waals surface area contributed by atoms with Gasteiger partial charge in [0, 0.05) is 32.4 Å². The van der Waals surface area contributed by atoms with Crippen molar-refractivity contribution < 1.29 is 14.7 Å². The second-order valence-electron chi connectivity index (χ2n) is 7.27. The largest absolute Gasteiger partial charge is 0.392 e. The Labute approximate surface area is 165 Å². The molecule has 6 heteroatoms. The zero-order valence-corrected chi connectivity index (χ0v) is 16.1. The number of likely N-dealkylation sites (tertiary alicyclic amines) is 1. The summed E-state index contributed by atoms with van der Waals surface area (Å²) in [5, 5.41) is 12.4. The van der Waals surface area contributed by atoms with Gasteiger partial charge in [-0.15, -0.1) is 0 Å². The number of carbonyl (C=O) groups excluding carboxylic acids is 2. The summed E-state index contributed by atoms with van der Waals surface area (Å²) in [4.78, 5) is 27.5. The van der Waals surface area contributed by atoms with Gasteiger partial charge in [-0.3, -0.25) is 14.5 Å². The Kier molecular flexibility index (Phi) is 6.79. The van der Waals surface area contributed by atoms with Gasteiger partial charge < -0.3 is 15.3 Å². The Morgan fingerprint density at radius 2 is 1.96 bits per heavy atom. The fourth-order valence-corrected chi connectivity index (χ4v) is 3.61. The highest BCUT2D eigenvalue weighted by molar-refractivity contribution is 5.79. The maximum atomic E-state index is 13.0. The average molecular weight is 381 g/mol. The van der Waals surface area contributed by atoms with Crippen molar-refractivity contribution in [3.8, 4) is 0 Å². The third-order valence-electron chi connectivity index (χ3n) is 5.26. The summed E-state index contributed by atoms with van der Waals surface area (Å²) in [5.74, 6) is 0.0321. The van der Waals surface area contributed by atoms with Crippen LogP contribution in [0.4, 0.5) is 5.69 Å². The monoisotopic (exact) mass is 381 g/mol. The lowest BCUT2D eigenvalue weighted by Crippen LogP contribution is -2.39. The van der Waals surface area contributed by atoms with E-state index in [1.54, 1.807) is 17.0 Å². The number of likely N-dealkylation sites (N-methyl/N-ethyl adjacent to an activating group) is 1. The van der Waals surface area contributed by atoms with Gasteiger partial charge in [0.05, 0.1) is 18.6 Å². The zero-order chi connectivity index (χ0) is 19.9. The molecule has 0 aromatic heterocycles. The number of benzene rings is 2. The first-order chi connectivity index (χ1) is 13.6. The number of β-amino-alcohol motifs (C(OH)–C–C–N with tert-alkyl or cyclic N) is 1. The molecule has 0 bridgehead atoms. The first kappa shape index (κ1) is 20.0. The van der Waals surface area contributed by atoms with E-state index in [9.17, 15) is 14.7 Å². The van der Waals surface area contributed by atoms with Gasteiger partial charge in [-0.2, -0.15) is 0 Å². The van der Waals surface area contributed by atoms with Gasteiger partial charge in [0.2, 0.25) is 12.3 Å². The quantitative estimate of drug-likeness (QED) is 0.687. The number of anilines is 1. The van der Waals surface area contributed by atoms with Gasteiger partial charge >= 0.3 is 0 Å². The summed E-state index contributed by atoms with van der Waals surface area (Å²) in [6.45, 7) is 2.19. The van der Waals surface area contributed by atoms with E-state index in [2.05, 4.69) is 10.2 Å². The van der Waals surface area contributed by atoms with E-state index < -0.39 is 0 Å². The van der Waals surface area contributed by atoms with E-state index in [1.165, 1.54) is 0 Å². The lowest BCUT2D eigenvalue weighted by atomic mass is 10.0. The summed E-state index contributed by atoms with van der Waals surface area (Å²) in [6, 6.07) is 17.2. The van der Waals surface area contributed by atoms with Crippen molar-refractivity contribution in [2.45, 2.75) is 25.0 Å². The van der Waals surface area contributed by atoms with Crippen LogP contribution in [0.25, 0.3) is 0 Å². The van der Waals surface area contributed by atoms with Gasteiger partial charge in [-0.05, 0) is 29.7 Å². The molecule has 0 aliphatic carbocycles. The molecule has 28 heavy (non-hydrogen) atoms. The molecule has 0 saturated carbocycles. The molecule has 1 heterocycles. The van der Waals surface area contributed by atoms with Crippen molar-refractivity contribution in [1.82, 2.24) is 9.80 Å². The minimum absolute atomic E-state index is 0.0321. The van der Waals surface area contributed by atoms with Crippen molar-refractivity contribution in [2.75, 3.05) is 32.0 Å². The lowest BCUT2D eigenvalue weighted by molar-refractivity contribution is -0.131. The van der Waals surface area contributed by atoms with Crippen LogP contribution >= 0.6 is 0 Å². The molecule has 2 amide bonds. The van der Waals surface area contributed by atoms with Crippen LogP contribution in [0.2, 0.25) is 0 Å². The molecule has 0 radical (unpaired) electrons. The Bertz CT molecular complexity index is 779. The molecule has 1 saturated heterocycles. The second-order valence-corrected chi connectivity index (χ2v) is 7.27. The topological polar surface area (TPSA) is 72.9 Å². The van der Waals surface area contributed by atoms with Crippen LogP contribution in [-0.2, 0) is 16.0 Å². The standard InChI is InChI=1S/C22H27N3O3/c1-24(22(28)13-17-7-9-19(10-8-17)23-16-26)21(18-5-3-2-4-6-18)15-25-12-11-20(27)14-25/h2-10,16,20-21,27H,11-15H2,1H3,(H,23,26). The molecule has 1 aliphatic rings. The maximum absolute atomic E-state index is 13.0. The molecule has 1 fully saturated rings. The van der Waals surface area contributed by atoms with Crippen LogP contribution in [0.3, 0.4) is 0 Å². The highest BCUT2D eigenvalue weighted by Crippen LogP contribution is 2.24.